The molecule has 6 heteroatoms. The van der Waals surface area contributed by atoms with Gasteiger partial charge in [-0.15, -0.1) is 0 Å². The molecule has 0 atom stereocenters. The summed E-state index contributed by atoms with van der Waals surface area (Å²) < 4.78 is 5.90. The molecule has 4 rings (SSSR count). The molecule has 0 aliphatic carbocycles. The number of carbonyl (C=O) groups excluding carboxylic acids is 1. The van der Waals surface area contributed by atoms with E-state index in [9.17, 15) is 14.7 Å². The van der Waals surface area contributed by atoms with E-state index in [0.29, 0.717) is 35.5 Å². The molecular weight excluding hydrogens is 560 g/mol. The summed E-state index contributed by atoms with van der Waals surface area (Å²) in [7, 11) is 0. The highest BCUT2D eigenvalue weighted by molar-refractivity contribution is 6.07. The van der Waals surface area contributed by atoms with E-state index < -0.39 is 5.97 Å². The summed E-state index contributed by atoms with van der Waals surface area (Å²) in [5, 5.41) is 9.43. The summed E-state index contributed by atoms with van der Waals surface area (Å²) in [6.45, 7) is 2.83. The number of benzene rings is 4. The highest BCUT2D eigenvalue weighted by Crippen LogP contribution is 2.25. The average molecular weight is 605 g/mol. The van der Waals surface area contributed by atoms with Gasteiger partial charge in [-0.1, -0.05) is 106 Å². The number of hydrogen-bond donors (Lipinski definition) is 3. The molecule has 45 heavy (non-hydrogen) atoms. The van der Waals surface area contributed by atoms with E-state index in [0.717, 1.165) is 73.8 Å². The lowest BCUT2D eigenvalue weighted by molar-refractivity contribution is 0.0695. The number of ketones is 1. The van der Waals surface area contributed by atoms with Crippen molar-refractivity contribution in [3.8, 4) is 16.9 Å². The van der Waals surface area contributed by atoms with E-state index >= 15 is 0 Å². The molecule has 4 aromatic carbocycles. The number of allylic oxidation sites excluding steroid dienone is 1. The van der Waals surface area contributed by atoms with Crippen molar-refractivity contribution < 1.29 is 19.4 Å². The lowest BCUT2D eigenvalue weighted by atomic mass is 9.98. The van der Waals surface area contributed by atoms with Crippen molar-refractivity contribution in [2.24, 2.45) is 0 Å². The lowest BCUT2D eigenvalue weighted by Gasteiger charge is -2.11. The SMILES string of the molecule is CCCc1ccc(-c2ccc(C(=O)/C=C/c3ccc(OCCCCCCCCc4c(N)cc(N)cc4C(=O)O)cc3)cc2)cc1. The molecule has 5 N–H and O–H groups in total. The standard InChI is InChI=1S/C39H44N2O4/c1-2-9-28-11-16-30(17-12-28)31-18-20-32(21-19-31)38(42)24-15-29-13-22-34(23-14-29)45-25-8-6-4-3-5-7-10-35-36(39(43)44)26-33(40)27-37(35)41/h11-24,26-27H,2-10,25,40-41H2,1H3,(H,43,44)/b24-15+. The van der Waals surface area contributed by atoms with E-state index in [1.54, 1.807) is 12.1 Å². The topological polar surface area (TPSA) is 116 Å². The number of aryl methyl sites for hydroxylation is 1. The number of nitrogens with two attached hydrogens (primary N) is 2. The Morgan fingerprint density at radius 1 is 0.756 bits per heavy atom. The van der Waals surface area contributed by atoms with Crippen LogP contribution in [0.25, 0.3) is 17.2 Å². The Morgan fingerprint density at radius 3 is 2.02 bits per heavy atom. The van der Waals surface area contributed by atoms with Crippen LogP contribution in [0.2, 0.25) is 0 Å². The molecule has 0 bridgehead atoms. The molecule has 4 aromatic rings. The van der Waals surface area contributed by atoms with Crippen LogP contribution in [0.4, 0.5) is 11.4 Å². The van der Waals surface area contributed by atoms with Gasteiger partial charge in [0.15, 0.2) is 5.78 Å². The number of nitrogen functional groups attached to an aromatic ring is 2. The Morgan fingerprint density at radius 2 is 1.38 bits per heavy atom. The third-order valence-corrected chi connectivity index (χ3v) is 7.93. The smallest absolute Gasteiger partial charge is 0.336 e. The molecule has 0 fully saturated rings. The van der Waals surface area contributed by atoms with Gasteiger partial charge in [0.1, 0.15) is 5.75 Å². The summed E-state index contributed by atoms with van der Waals surface area (Å²) in [5.74, 6) is -0.210. The fraction of sp³-hybridized carbons (Fsp3) is 0.282. The molecular formula is C39H44N2O4. The van der Waals surface area contributed by atoms with Gasteiger partial charge in [-0.2, -0.15) is 0 Å². The molecule has 0 aliphatic heterocycles. The van der Waals surface area contributed by atoms with Crippen molar-refractivity contribution in [2.45, 2.75) is 64.7 Å². The zero-order valence-electron chi connectivity index (χ0n) is 26.1. The number of hydrogen-bond acceptors (Lipinski definition) is 5. The summed E-state index contributed by atoms with van der Waals surface area (Å²) in [4.78, 5) is 24.2. The Hall–Kier alpha value is -4.84. The molecule has 0 aromatic heterocycles. The number of carbonyl (C=O) groups is 2. The van der Waals surface area contributed by atoms with Crippen LogP contribution < -0.4 is 16.2 Å². The van der Waals surface area contributed by atoms with Crippen LogP contribution in [0, 0.1) is 0 Å². The Bertz CT molecular complexity index is 1570. The van der Waals surface area contributed by atoms with E-state index in [2.05, 4.69) is 31.2 Å². The van der Waals surface area contributed by atoms with Crippen LogP contribution >= 0.6 is 0 Å². The minimum absolute atomic E-state index is 0.0282. The van der Waals surface area contributed by atoms with Crippen LogP contribution in [0.5, 0.6) is 5.75 Å². The van der Waals surface area contributed by atoms with E-state index in [4.69, 9.17) is 16.2 Å². The first-order valence-corrected chi connectivity index (χ1v) is 15.9. The third-order valence-electron chi connectivity index (χ3n) is 7.93. The predicted octanol–water partition coefficient (Wildman–Crippen LogP) is 9.03. The molecule has 0 saturated carbocycles. The van der Waals surface area contributed by atoms with E-state index in [1.165, 1.54) is 11.6 Å². The molecule has 0 radical (unpaired) electrons. The quantitative estimate of drug-likeness (QED) is 0.0479. The van der Waals surface area contributed by atoms with Crippen molar-refractivity contribution in [3.63, 3.8) is 0 Å². The van der Waals surface area contributed by atoms with Crippen LogP contribution in [-0.4, -0.2) is 23.5 Å². The highest BCUT2D eigenvalue weighted by atomic mass is 16.5. The maximum Gasteiger partial charge on any atom is 0.336 e. The van der Waals surface area contributed by atoms with Crippen LogP contribution in [0.3, 0.4) is 0 Å². The number of carboxylic acids is 1. The molecule has 0 heterocycles. The van der Waals surface area contributed by atoms with Crippen molar-refractivity contribution in [3.05, 3.63) is 119 Å². The van der Waals surface area contributed by atoms with E-state index in [-0.39, 0.29) is 11.3 Å². The average Bonchev–Trinajstić information content (AvgIpc) is 3.04. The highest BCUT2D eigenvalue weighted by Gasteiger charge is 2.14. The van der Waals surface area contributed by atoms with Crippen molar-refractivity contribution >= 4 is 29.2 Å². The number of aromatic carboxylic acids is 1. The summed E-state index contributed by atoms with van der Waals surface area (Å²) in [5.41, 5.74) is 18.7. The Kier molecular flexibility index (Phi) is 12.4. The molecule has 0 unspecified atom stereocenters. The zero-order valence-corrected chi connectivity index (χ0v) is 26.1. The maximum absolute atomic E-state index is 12.7. The first kappa shape index (κ1) is 33.1. The summed E-state index contributed by atoms with van der Waals surface area (Å²) in [6.07, 6.45) is 12.4. The zero-order chi connectivity index (χ0) is 32.0. The van der Waals surface area contributed by atoms with Gasteiger partial charge in [0.05, 0.1) is 12.2 Å². The van der Waals surface area contributed by atoms with Crippen molar-refractivity contribution in [1.82, 2.24) is 0 Å². The Balaban J connectivity index is 1.12. The summed E-state index contributed by atoms with van der Waals surface area (Å²) in [6, 6.07) is 27.3. The second-order valence-corrected chi connectivity index (χ2v) is 11.5. The molecule has 0 spiro atoms. The van der Waals surface area contributed by atoms with Gasteiger partial charge >= 0.3 is 5.97 Å². The van der Waals surface area contributed by atoms with Crippen LogP contribution in [0.1, 0.15) is 89.3 Å². The third kappa shape index (κ3) is 10.1. The molecule has 6 nitrogen and oxygen atoms in total. The Labute approximate surface area is 266 Å². The lowest BCUT2D eigenvalue weighted by Crippen LogP contribution is -2.07. The number of carboxylic acid groups (broad SMARTS) is 1. The molecule has 0 aliphatic rings. The van der Waals surface area contributed by atoms with E-state index in [1.807, 2.05) is 54.6 Å². The number of anilines is 2. The number of rotatable bonds is 17. The normalized spacial score (nSPS) is 11.1. The number of unbranched alkanes of at least 4 members (excludes halogenated alkanes) is 5. The first-order valence-electron chi connectivity index (χ1n) is 15.9. The van der Waals surface area contributed by atoms with Crippen molar-refractivity contribution in [2.75, 3.05) is 18.1 Å². The minimum atomic E-state index is -0.994. The largest absolute Gasteiger partial charge is 0.494 e. The van der Waals surface area contributed by atoms with Gasteiger partial charge in [-0.3, -0.25) is 4.79 Å². The van der Waals surface area contributed by atoms with Crippen LogP contribution in [-0.2, 0) is 12.8 Å². The monoisotopic (exact) mass is 604 g/mol. The number of ether oxygens (including phenoxy) is 1. The summed E-state index contributed by atoms with van der Waals surface area (Å²) >= 11 is 0. The second-order valence-electron chi connectivity index (χ2n) is 11.5. The van der Waals surface area contributed by atoms with Gasteiger partial charge in [-0.05, 0) is 83.8 Å². The van der Waals surface area contributed by atoms with Gasteiger partial charge in [0.2, 0.25) is 0 Å². The van der Waals surface area contributed by atoms with Gasteiger partial charge < -0.3 is 21.3 Å². The molecule has 234 valence electrons. The van der Waals surface area contributed by atoms with Gasteiger partial charge in [-0.25, -0.2) is 4.79 Å². The van der Waals surface area contributed by atoms with Crippen molar-refractivity contribution in [1.29, 1.82) is 0 Å². The fourth-order valence-corrected chi connectivity index (χ4v) is 5.41. The van der Waals surface area contributed by atoms with Crippen LogP contribution in [0.15, 0.2) is 91.0 Å². The van der Waals surface area contributed by atoms with Gasteiger partial charge in [0.25, 0.3) is 0 Å². The van der Waals surface area contributed by atoms with Gasteiger partial charge in [0, 0.05) is 16.9 Å². The second kappa shape index (κ2) is 16.9. The molecule has 0 amide bonds. The maximum atomic E-state index is 12.7. The fourth-order valence-electron chi connectivity index (χ4n) is 5.41. The predicted molar refractivity (Wildman–Crippen MR) is 185 cm³/mol. The molecule has 0 saturated heterocycles. The minimum Gasteiger partial charge on any atom is -0.494 e. The first-order chi connectivity index (χ1) is 21.8.